The molecule has 1 unspecified atom stereocenters. The second-order valence-corrected chi connectivity index (χ2v) is 18.0. The van der Waals surface area contributed by atoms with E-state index >= 15 is 0 Å². The van der Waals surface area contributed by atoms with E-state index in [-0.39, 0.29) is 6.04 Å². The van der Waals surface area contributed by atoms with Gasteiger partial charge in [-0.05, 0) is 154 Å². The topological polar surface area (TPSA) is 6.48 Å². The monoisotopic (exact) mass is 866 g/mol. The lowest BCUT2D eigenvalue weighted by molar-refractivity contribution is 0.839. The minimum absolute atomic E-state index is 0.0314. The first-order valence-electron chi connectivity index (χ1n) is 23.7. The molecule has 68 heavy (non-hydrogen) atoms. The number of fused-ring (bicyclic) bond motifs is 6. The van der Waals surface area contributed by atoms with Crippen LogP contribution in [0.3, 0.4) is 0 Å². The summed E-state index contributed by atoms with van der Waals surface area (Å²) in [6.45, 7) is 0. The summed E-state index contributed by atoms with van der Waals surface area (Å²) in [5.74, 6) is 0. The highest BCUT2D eigenvalue weighted by Crippen LogP contribution is 2.42. The first-order chi connectivity index (χ1) is 33.7. The summed E-state index contributed by atoms with van der Waals surface area (Å²) in [5.41, 5.74) is 10.6. The van der Waals surface area contributed by atoms with Crippen molar-refractivity contribution in [3.63, 3.8) is 0 Å². The van der Waals surface area contributed by atoms with Crippen molar-refractivity contribution in [3.05, 3.63) is 259 Å². The van der Waals surface area contributed by atoms with Crippen LogP contribution in [0.2, 0.25) is 0 Å². The molecule has 1 aliphatic carbocycles. The molecule has 0 fully saturated rings. The van der Waals surface area contributed by atoms with Gasteiger partial charge in [0, 0.05) is 28.4 Å². The van der Waals surface area contributed by atoms with Gasteiger partial charge in [0.25, 0.3) is 0 Å². The van der Waals surface area contributed by atoms with Crippen LogP contribution in [0.15, 0.2) is 249 Å². The highest BCUT2D eigenvalue weighted by molar-refractivity contribution is 6.08. The summed E-state index contributed by atoms with van der Waals surface area (Å²) in [6, 6.07) is 91.5. The molecule has 2 heteroatoms. The van der Waals surface area contributed by atoms with Crippen molar-refractivity contribution in [1.29, 1.82) is 0 Å². The summed E-state index contributed by atoms with van der Waals surface area (Å²) in [6.07, 6.45) is 5.92. The average Bonchev–Trinajstić information content (AvgIpc) is 3.40. The first kappa shape index (κ1) is 39.6. The summed E-state index contributed by atoms with van der Waals surface area (Å²) < 4.78 is 0. The Morgan fingerprint density at radius 2 is 0.662 bits per heavy atom. The molecule has 1 atom stereocenters. The van der Waals surface area contributed by atoms with Crippen molar-refractivity contribution in [1.82, 2.24) is 0 Å². The third-order valence-corrected chi connectivity index (χ3v) is 14.0. The van der Waals surface area contributed by atoms with E-state index in [9.17, 15) is 0 Å². The highest BCUT2D eigenvalue weighted by Gasteiger charge is 2.25. The van der Waals surface area contributed by atoms with Crippen LogP contribution in [0.4, 0.5) is 28.4 Å². The Kier molecular flexibility index (Phi) is 9.68. The van der Waals surface area contributed by atoms with Gasteiger partial charge in [-0.25, -0.2) is 0 Å². The average molecular weight is 867 g/mol. The van der Waals surface area contributed by atoms with Gasteiger partial charge in [0.15, 0.2) is 0 Å². The summed E-state index contributed by atoms with van der Waals surface area (Å²) in [5, 5.41) is 14.8. The van der Waals surface area contributed by atoms with E-state index in [0.717, 1.165) is 23.5 Å². The van der Waals surface area contributed by atoms with Crippen molar-refractivity contribution in [3.8, 4) is 22.3 Å². The number of hydrogen-bond acceptors (Lipinski definition) is 2. The van der Waals surface area contributed by atoms with Crippen LogP contribution in [-0.2, 0) is 0 Å². The number of rotatable bonds is 8. The van der Waals surface area contributed by atoms with Crippen LogP contribution in [0.5, 0.6) is 0 Å². The molecule has 12 aromatic rings. The minimum atomic E-state index is 0.0314. The minimum Gasteiger partial charge on any atom is -0.334 e. The fraction of sp³-hybridized carbons (Fsp3) is 0.0303. The third-order valence-electron chi connectivity index (χ3n) is 14.0. The van der Waals surface area contributed by atoms with Gasteiger partial charge in [-0.2, -0.15) is 0 Å². The van der Waals surface area contributed by atoms with E-state index in [1.807, 2.05) is 0 Å². The second kappa shape index (κ2) is 16.6. The van der Waals surface area contributed by atoms with E-state index in [4.69, 9.17) is 0 Å². The maximum absolute atomic E-state index is 2.57. The molecule has 0 amide bonds. The maximum Gasteiger partial charge on any atom is 0.0566 e. The summed E-state index contributed by atoms with van der Waals surface area (Å²) >= 11 is 0. The Labute approximate surface area is 396 Å². The van der Waals surface area contributed by atoms with Crippen molar-refractivity contribution < 1.29 is 0 Å². The predicted octanol–water partition coefficient (Wildman–Crippen LogP) is 16.4. The molecule has 2 nitrogen and oxygen atoms in total. The molecule has 0 N–H and O–H groups in total. The summed E-state index contributed by atoms with van der Waals surface area (Å²) in [7, 11) is 0. The molecule has 0 aliphatic heterocycles. The van der Waals surface area contributed by atoms with Crippen LogP contribution in [0.25, 0.3) is 88.3 Å². The number of anilines is 5. The Balaban J connectivity index is 1.08. The van der Waals surface area contributed by atoms with Crippen LogP contribution in [-0.4, -0.2) is 6.04 Å². The molecule has 1 aliphatic rings. The first-order valence-corrected chi connectivity index (χ1v) is 23.7. The lowest BCUT2D eigenvalue weighted by Gasteiger charge is -2.34. The van der Waals surface area contributed by atoms with Gasteiger partial charge >= 0.3 is 0 Å². The Morgan fingerprint density at radius 3 is 1.13 bits per heavy atom. The van der Waals surface area contributed by atoms with Crippen molar-refractivity contribution >= 4 is 94.5 Å². The smallest absolute Gasteiger partial charge is 0.0566 e. The molecule has 0 heterocycles. The molecule has 12 aromatic carbocycles. The van der Waals surface area contributed by atoms with Gasteiger partial charge in [0.05, 0.1) is 6.04 Å². The fourth-order valence-electron chi connectivity index (χ4n) is 10.8. The molecule has 0 saturated carbocycles. The van der Waals surface area contributed by atoms with Gasteiger partial charge in [0.1, 0.15) is 0 Å². The van der Waals surface area contributed by atoms with Crippen LogP contribution in [0, 0.1) is 0 Å². The molecule has 0 bridgehead atoms. The molecule has 0 saturated heterocycles. The molecular formula is C66H46N2. The van der Waals surface area contributed by atoms with Crippen molar-refractivity contribution in [2.45, 2.75) is 12.5 Å². The molecule has 0 radical (unpaired) electrons. The van der Waals surface area contributed by atoms with Gasteiger partial charge in [0.2, 0.25) is 0 Å². The van der Waals surface area contributed by atoms with E-state index in [2.05, 4.69) is 271 Å². The molecular weight excluding hydrogens is 821 g/mol. The third kappa shape index (κ3) is 6.98. The standard InChI is InChI=1S/C66H46N2/c1-3-19-49(20-4-1)65-61-37-35-60(68(57-33-29-47-17-9-13-25-53(47)41-57)58-34-30-48-18-10-14-26-54(48)42-58)44-64(61)66(50-21-5-2-6-22-50)62-38-36-59(43-63(62)65)67(55-31-27-45-15-7-11-23-51(45)39-55)56-32-28-46-16-8-12-24-52(46)40-56/h1-35,37-44,59H,36H2. The zero-order valence-corrected chi connectivity index (χ0v) is 37.5. The maximum atomic E-state index is 2.57. The normalized spacial score (nSPS) is 13.3. The molecule has 13 rings (SSSR count). The van der Waals surface area contributed by atoms with E-state index in [1.54, 1.807) is 0 Å². The fourth-order valence-corrected chi connectivity index (χ4v) is 10.8. The largest absolute Gasteiger partial charge is 0.334 e. The zero-order valence-electron chi connectivity index (χ0n) is 37.5. The number of nitrogens with zero attached hydrogens (tertiary/aromatic N) is 2. The quantitative estimate of drug-likeness (QED) is 0.150. The van der Waals surface area contributed by atoms with Gasteiger partial charge in [-0.1, -0.05) is 200 Å². The van der Waals surface area contributed by atoms with Crippen LogP contribution in [0.1, 0.15) is 6.42 Å². The van der Waals surface area contributed by atoms with Crippen molar-refractivity contribution in [2.24, 2.45) is 0 Å². The lowest BCUT2D eigenvalue weighted by Crippen LogP contribution is -2.40. The molecule has 320 valence electrons. The highest BCUT2D eigenvalue weighted by atomic mass is 15.2. The Bertz CT molecular complexity index is 3870. The Morgan fingerprint density at radius 1 is 0.294 bits per heavy atom. The predicted molar refractivity (Wildman–Crippen MR) is 291 cm³/mol. The van der Waals surface area contributed by atoms with Gasteiger partial charge in [-0.3, -0.25) is 0 Å². The number of benzene rings is 12. The van der Waals surface area contributed by atoms with E-state index in [1.165, 1.54) is 97.9 Å². The van der Waals surface area contributed by atoms with E-state index in [0.29, 0.717) is 0 Å². The molecule has 0 spiro atoms. The van der Waals surface area contributed by atoms with Crippen molar-refractivity contribution in [2.75, 3.05) is 9.80 Å². The number of hydrogen-bond donors (Lipinski definition) is 0. The van der Waals surface area contributed by atoms with Crippen LogP contribution >= 0.6 is 0 Å². The molecule has 0 aromatic heterocycles. The SMILES string of the molecule is C1=c2c(-c3ccccc3)c3ccc(N(c4ccc5ccccc5c4)c4ccc5ccccc5c4)cc3c(-c3ccccc3)c2=CCC1N(c1ccc2ccccc2c1)c1ccc2ccccc2c1. The van der Waals surface area contributed by atoms with Gasteiger partial charge < -0.3 is 9.80 Å². The summed E-state index contributed by atoms with van der Waals surface area (Å²) in [4.78, 5) is 5.00. The Hall–Kier alpha value is -8.72. The second-order valence-electron chi connectivity index (χ2n) is 18.0. The van der Waals surface area contributed by atoms with Gasteiger partial charge in [-0.15, -0.1) is 0 Å². The van der Waals surface area contributed by atoms with E-state index < -0.39 is 0 Å². The lowest BCUT2D eigenvalue weighted by atomic mass is 9.85. The zero-order chi connectivity index (χ0) is 45.0. The van der Waals surface area contributed by atoms with Crippen LogP contribution < -0.4 is 20.2 Å².